The third kappa shape index (κ3) is 9.86. The number of carbonyl (C=O) groups excluding carboxylic acids is 2. The molecular formula is C11H23O3P. The van der Waals surface area contributed by atoms with Crippen LogP contribution in [0.25, 0.3) is 0 Å². The molecule has 0 bridgehead atoms. The molecule has 1 atom stereocenters. The highest BCUT2D eigenvalue weighted by Gasteiger charge is 2.20. The van der Waals surface area contributed by atoms with E-state index < -0.39 is 11.9 Å². The zero-order valence-electron chi connectivity index (χ0n) is 10.4. The van der Waals surface area contributed by atoms with Crippen molar-refractivity contribution < 1.29 is 14.3 Å². The van der Waals surface area contributed by atoms with Gasteiger partial charge in [0.2, 0.25) is 0 Å². The van der Waals surface area contributed by atoms with E-state index >= 15 is 0 Å². The molecule has 0 aliphatic rings. The fourth-order valence-electron chi connectivity index (χ4n) is 1.01. The molecule has 0 rings (SSSR count). The van der Waals surface area contributed by atoms with E-state index in [1.165, 1.54) is 34.9 Å². The third-order valence-electron chi connectivity index (χ3n) is 1.88. The van der Waals surface area contributed by atoms with E-state index in [4.69, 9.17) is 0 Å². The molecule has 0 aliphatic carbocycles. The molecule has 0 spiro atoms. The maximum absolute atomic E-state index is 10.7. The summed E-state index contributed by atoms with van der Waals surface area (Å²) in [5, 5.41) is 0. The van der Waals surface area contributed by atoms with Crippen LogP contribution in [0.15, 0.2) is 0 Å². The van der Waals surface area contributed by atoms with Gasteiger partial charge in [-0.2, -0.15) is 0 Å². The van der Waals surface area contributed by atoms with Crippen LogP contribution >= 0.6 is 8.58 Å². The molecule has 3 nitrogen and oxygen atoms in total. The SMILES string of the molecule is CCC(C(C)=O)C(=O)OC.CCPCC. The number of ketones is 1. The van der Waals surface area contributed by atoms with Gasteiger partial charge in [-0.3, -0.25) is 9.59 Å². The van der Waals surface area contributed by atoms with Crippen LogP contribution in [0.3, 0.4) is 0 Å². The Balaban J connectivity index is 0. The minimum atomic E-state index is -0.565. The van der Waals surface area contributed by atoms with Gasteiger partial charge in [0.1, 0.15) is 11.7 Å². The highest BCUT2D eigenvalue weighted by Crippen LogP contribution is 2.05. The first-order valence-corrected chi connectivity index (χ1v) is 6.75. The molecule has 0 heterocycles. The third-order valence-corrected chi connectivity index (χ3v) is 2.88. The van der Waals surface area contributed by atoms with Gasteiger partial charge in [0.25, 0.3) is 0 Å². The number of hydrogen-bond donors (Lipinski definition) is 0. The Morgan fingerprint density at radius 1 is 1.20 bits per heavy atom. The second kappa shape index (κ2) is 11.6. The minimum absolute atomic E-state index is 0.130. The fourth-order valence-corrected chi connectivity index (χ4v) is 1.51. The molecule has 0 aromatic carbocycles. The van der Waals surface area contributed by atoms with E-state index in [1.54, 1.807) is 6.92 Å². The molecule has 1 unspecified atom stereocenters. The van der Waals surface area contributed by atoms with Gasteiger partial charge in [-0.05, 0) is 25.7 Å². The van der Waals surface area contributed by atoms with Gasteiger partial charge in [0.15, 0.2) is 0 Å². The van der Waals surface area contributed by atoms with E-state index in [1.807, 2.05) is 0 Å². The summed E-state index contributed by atoms with van der Waals surface area (Å²) in [4.78, 5) is 21.4. The Morgan fingerprint density at radius 2 is 1.67 bits per heavy atom. The summed E-state index contributed by atoms with van der Waals surface area (Å²) in [5.74, 6) is -1.13. The smallest absolute Gasteiger partial charge is 0.316 e. The molecule has 0 aromatic rings. The van der Waals surface area contributed by atoms with E-state index in [9.17, 15) is 9.59 Å². The normalized spacial score (nSPS) is 11.0. The quantitative estimate of drug-likeness (QED) is 0.417. The van der Waals surface area contributed by atoms with Crippen molar-refractivity contribution in [2.45, 2.75) is 34.1 Å². The van der Waals surface area contributed by atoms with Crippen LogP contribution in [0.5, 0.6) is 0 Å². The second-order valence-electron chi connectivity index (χ2n) is 3.05. The molecule has 0 aliphatic heterocycles. The largest absolute Gasteiger partial charge is 0.468 e. The summed E-state index contributed by atoms with van der Waals surface area (Å²) in [5.41, 5.74) is 0. The fraction of sp³-hybridized carbons (Fsp3) is 0.818. The summed E-state index contributed by atoms with van der Waals surface area (Å²) < 4.78 is 4.40. The van der Waals surface area contributed by atoms with Crippen molar-refractivity contribution in [3.63, 3.8) is 0 Å². The molecule has 0 amide bonds. The van der Waals surface area contributed by atoms with Crippen molar-refractivity contribution in [2.75, 3.05) is 19.4 Å². The van der Waals surface area contributed by atoms with E-state index in [0.717, 1.165) is 0 Å². The maximum Gasteiger partial charge on any atom is 0.316 e. The second-order valence-corrected chi connectivity index (χ2v) is 4.97. The van der Waals surface area contributed by atoms with Crippen molar-refractivity contribution in [1.29, 1.82) is 0 Å². The molecule has 0 saturated heterocycles. The van der Waals surface area contributed by atoms with Gasteiger partial charge in [0, 0.05) is 0 Å². The standard InChI is InChI=1S/C7H12O3.C4H11P/c1-4-6(5(2)8)7(9)10-3;1-3-5-4-2/h6H,4H2,1-3H3;5H,3-4H2,1-2H3. The highest BCUT2D eigenvalue weighted by atomic mass is 31.1. The molecule has 90 valence electrons. The summed E-state index contributed by atoms with van der Waals surface area (Å²) in [6, 6.07) is 0. The first-order chi connectivity index (χ1) is 7.04. The average Bonchev–Trinajstić information content (AvgIpc) is 2.20. The molecule has 15 heavy (non-hydrogen) atoms. The van der Waals surface area contributed by atoms with Crippen molar-refractivity contribution in [1.82, 2.24) is 0 Å². The molecule has 0 aromatic heterocycles. The van der Waals surface area contributed by atoms with Gasteiger partial charge >= 0.3 is 5.97 Å². The van der Waals surface area contributed by atoms with Gasteiger partial charge < -0.3 is 4.74 Å². The van der Waals surface area contributed by atoms with Crippen LogP contribution in [-0.4, -0.2) is 31.2 Å². The predicted octanol–water partition coefficient (Wildman–Crippen LogP) is 2.48. The predicted molar refractivity (Wildman–Crippen MR) is 65.9 cm³/mol. The Bertz CT molecular complexity index is 179. The highest BCUT2D eigenvalue weighted by molar-refractivity contribution is 7.37. The van der Waals surface area contributed by atoms with Crippen molar-refractivity contribution in [2.24, 2.45) is 5.92 Å². The summed E-state index contributed by atoms with van der Waals surface area (Å²) >= 11 is 0. The first-order valence-electron chi connectivity index (χ1n) is 5.33. The lowest BCUT2D eigenvalue weighted by atomic mass is 10.0. The number of methoxy groups -OCH3 is 1. The van der Waals surface area contributed by atoms with E-state index in [-0.39, 0.29) is 5.78 Å². The first kappa shape index (κ1) is 17.0. The molecule has 4 heteroatoms. The summed E-state index contributed by atoms with van der Waals surface area (Å²) in [7, 11) is 2.48. The zero-order chi connectivity index (χ0) is 12.3. The average molecular weight is 234 g/mol. The molecule has 0 saturated carbocycles. The summed E-state index contributed by atoms with van der Waals surface area (Å²) in [6.07, 6.45) is 3.26. The monoisotopic (exact) mass is 234 g/mol. The number of hydrogen-bond acceptors (Lipinski definition) is 3. The van der Waals surface area contributed by atoms with Crippen LogP contribution in [0.4, 0.5) is 0 Å². The van der Waals surface area contributed by atoms with Gasteiger partial charge in [0.05, 0.1) is 7.11 Å². The number of ether oxygens (including phenoxy) is 1. The van der Waals surface area contributed by atoms with E-state index in [2.05, 4.69) is 18.6 Å². The van der Waals surface area contributed by atoms with Crippen LogP contribution in [0.2, 0.25) is 0 Å². The minimum Gasteiger partial charge on any atom is -0.468 e. The van der Waals surface area contributed by atoms with Gasteiger partial charge in [-0.25, -0.2) is 0 Å². The van der Waals surface area contributed by atoms with Crippen molar-refractivity contribution in [3.05, 3.63) is 0 Å². The van der Waals surface area contributed by atoms with Crippen LogP contribution in [-0.2, 0) is 14.3 Å². The Labute approximate surface area is 94.7 Å². The number of esters is 1. The number of Topliss-reactive ketones (excluding diaryl/α,β-unsaturated/α-hetero) is 1. The van der Waals surface area contributed by atoms with Crippen LogP contribution in [0.1, 0.15) is 34.1 Å². The van der Waals surface area contributed by atoms with Crippen LogP contribution in [0, 0.1) is 5.92 Å². The van der Waals surface area contributed by atoms with Gasteiger partial charge in [-0.15, -0.1) is 8.58 Å². The van der Waals surface area contributed by atoms with Crippen LogP contribution < -0.4 is 0 Å². The number of rotatable bonds is 5. The van der Waals surface area contributed by atoms with Gasteiger partial charge in [-0.1, -0.05) is 20.8 Å². The number of carbonyl (C=O) groups is 2. The van der Waals surface area contributed by atoms with Crippen molar-refractivity contribution in [3.8, 4) is 0 Å². The summed E-state index contributed by atoms with van der Waals surface area (Å²) in [6.45, 7) is 7.62. The molecule has 0 radical (unpaired) electrons. The van der Waals surface area contributed by atoms with E-state index in [0.29, 0.717) is 6.42 Å². The lowest BCUT2D eigenvalue weighted by molar-refractivity contribution is -0.148. The Kier molecular flexibility index (Phi) is 13.2. The topological polar surface area (TPSA) is 43.4 Å². The van der Waals surface area contributed by atoms with Crippen molar-refractivity contribution >= 4 is 20.3 Å². The molecule has 0 fully saturated rings. The Hall–Kier alpha value is -0.430. The zero-order valence-corrected chi connectivity index (χ0v) is 11.4. The molecular weight excluding hydrogens is 211 g/mol. The lowest BCUT2D eigenvalue weighted by Gasteiger charge is -2.06. The molecule has 0 N–H and O–H groups in total. The maximum atomic E-state index is 10.7. The lowest BCUT2D eigenvalue weighted by Crippen LogP contribution is -2.22. The Morgan fingerprint density at radius 3 is 1.73 bits per heavy atom.